The third-order valence-electron chi connectivity index (χ3n) is 3.91. The topological polar surface area (TPSA) is 60.1 Å². The van der Waals surface area contributed by atoms with Gasteiger partial charge in [0, 0.05) is 25.2 Å². The highest BCUT2D eigenvalue weighted by atomic mass is 16.3. The molecule has 0 spiro atoms. The average Bonchev–Trinajstić information content (AvgIpc) is 3.11. The Bertz CT molecular complexity index is 781. The fourth-order valence-corrected chi connectivity index (χ4v) is 2.66. The summed E-state index contributed by atoms with van der Waals surface area (Å²) in [5.74, 6) is 0.618. The molecule has 1 fully saturated rings. The summed E-state index contributed by atoms with van der Waals surface area (Å²) in [7, 11) is 0. The van der Waals surface area contributed by atoms with Crippen LogP contribution >= 0.6 is 0 Å². The average molecular weight is 295 g/mol. The Hall–Kier alpha value is -2.56. The zero-order chi connectivity index (χ0) is 14.9. The third kappa shape index (κ3) is 2.50. The van der Waals surface area contributed by atoms with Crippen molar-refractivity contribution < 1.29 is 9.21 Å². The maximum absolute atomic E-state index is 12.2. The van der Waals surface area contributed by atoms with E-state index in [-0.39, 0.29) is 5.91 Å². The van der Waals surface area contributed by atoms with Crippen LogP contribution in [-0.2, 0) is 6.42 Å². The van der Waals surface area contributed by atoms with Crippen LogP contribution in [0, 0.1) is 0 Å². The molecule has 1 aliphatic rings. The molecule has 3 aromatic rings. The van der Waals surface area contributed by atoms with E-state index in [4.69, 9.17) is 4.42 Å². The van der Waals surface area contributed by atoms with Gasteiger partial charge in [-0.25, -0.2) is 4.98 Å². The molecule has 5 nitrogen and oxygen atoms in total. The summed E-state index contributed by atoms with van der Waals surface area (Å²) in [6.45, 7) is 0.515. The normalized spacial score (nSPS) is 14.4. The van der Waals surface area contributed by atoms with Crippen LogP contribution in [0.15, 0.2) is 47.0 Å². The van der Waals surface area contributed by atoms with Gasteiger partial charge in [-0.3, -0.25) is 4.79 Å². The largest absolute Gasteiger partial charge is 0.441 e. The van der Waals surface area contributed by atoms with Crippen LogP contribution in [0.1, 0.15) is 35.3 Å². The van der Waals surface area contributed by atoms with E-state index in [1.54, 1.807) is 0 Å². The second kappa shape index (κ2) is 5.33. The molecule has 0 saturated heterocycles. The van der Waals surface area contributed by atoms with Gasteiger partial charge in [0.15, 0.2) is 11.5 Å². The van der Waals surface area contributed by atoms with Gasteiger partial charge in [-0.05, 0) is 37.1 Å². The van der Waals surface area contributed by atoms with E-state index in [1.807, 2.05) is 42.6 Å². The van der Waals surface area contributed by atoms with Crippen molar-refractivity contribution in [2.45, 2.75) is 25.3 Å². The minimum atomic E-state index is -0.0342. The maximum atomic E-state index is 12.2. The molecule has 2 aromatic heterocycles. The molecule has 22 heavy (non-hydrogen) atoms. The van der Waals surface area contributed by atoms with Crippen molar-refractivity contribution in [2.75, 3.05) is 6.54 Å². The second-order valence-corrected chi connectivity index (χ2v) is 5.61. The second-order valence-electron chi connectivity index (χ2n) is 5.61. The van der Waals surface area contributed by atoms with E-state index in [0.29, 0.717) is 24.9 Å². The van der Waals surface area contributed by atoms with Crippen molar-refractivity contribution in [3.63, 3.8) is 0 Å². The Balaban J connectivity index is 1.38. The van der Waals surface area contributed by atoms with Gasteiger partial charge in [-0.2, -0.15) is 0 Å². The van der Waals surface area contributed by atoms with E-state index in [0.717, 1.165) is 29.6 Å². The number of benzene rings is 1. The third-order valence-corrected chi connectivity index (χ3v) is 3.91. The Kier molecular flexibility index (Phi) is 3.18. The highest BCUT2D eigenvalue weighted by molar-refractivity contribution is 5.92. The minimum Gasteiger partial charge on any atom is -0.441 e. The summed E-state index contributed by atoms with van der Waals surface area (Å²) in [5, 5.41) is 2.94. The number of carbonyl (C=O) groups is 1. The van der Waals surface area contributed by atoms with Gasteiger partial charge < -0.3 is 14.3 Å². The van der Waals surface area contributed by atoms with Crippen LogP contribution in [0.2, 0.25) is 0 Å². The lowest BCUT2D eigenvalue weighted by atomic mass is 10.3. The SMILES string of the molecule is O=C(NCCc1nc2ccccc2o1)c1cccn1C1CC1. The molecule has 1 aliphatic carbocycles. The first kappa shape index (κ1) is 13.1. The maximum Gasteiger partial charge on any atom is 0.267 e. The lowest BCUT2D eigenvalue weighted by Crippen LogP contribution is -2.27. The van der Waals surface area contributed by atoms with Gasteiger partial charge in [-0.1, -0.05) is 12.1 Å². The number of aromatic nitrogens is 2. The van der Waals surface area contributed by atoms with Gasteiger partial charge in [0.2, 0.25) is 0 Å². The lowest BCUT2D eigenvalue weighted by Gasteiger charge is -2.07. The first-order valence-electron chi connectivity index (χ1n) is 7.61. The molecule has 4 rings (SSSR count). The van der Waals surface area contributed by atoms with E-state index in [2.05, 4.69) is 14.9 Å². The van der Waals surface area contributed by atoms with E-state index in [1.165, 1.54) is 0 Å². The van der Waals surface area contributed by atoms with Gasteiger partial charge in [0.05, 0.1) is 0 Å². The van der Waals surface area contributed by atoms with E-state index < -0.39 is 0 Å². The molecule has 0 atom stereocenters. The van der Waals surface area contributed by atoms with Gasteiger partial charge in [0.25, 0.3) is 5.91 Å². The molecule has 1 saturated carbocycles. The Morgan fingerprint density at radius 3 is 2.95 bits per heavy atom. The molecule has 112 valence electrons. The van der Waals surface area contributed by atoms with Crippen LogP contribution in [0.25, 0.3) is 11.1 Å². The zero-order valence-corrected chi connectivity index (χ0v) is 12.2. The summed E-state index contributed by atoms with van der Waals surface area (Å²) in [6.07, 6.45) is 4.90. The Morgan fingerprint density at radius 2 is 2.14 bits per heavy atom. The number of fused-ring (bicyclic) bond motifs is 1. The standard InChI is InChI=1S/C17H17N3O2/c21-17(14-5-3-11-20(14)12-7-8-12)18-10-9-16-19-13-4-1-2-6-15(13)22-16/h1-6,11-12H,7-10H2,(H,18,21). The number of para-hydroxylation sites is 2. The predicted octanol–water partition coefficient (Wildman–Crippen LogP) is 2.94. The monoisotopic (exact) mass is 295 g/mol. The van der Waals surface area contributed by atoms with Crippen molar-refractivity contribution in [2.24, 2.45) is 0 Å². The van der Waals surface area contributed by atoms with Gasteiger partial charge in [-0.15, -0.1) is 0 Å². The number of rotatable bonds is 5. The number of nitrogens with one attached hydrogen (secondary N) is 1. The van der Waals surface area contributed by atoms with Crippen LogP contribution in [0.5, 0.6) is 0 Å². The molecule has 5 heteroatoms. The van der Waals surface area contributed by atoms with Crippen molar-refractivity contribution >= 4 is 17.0 Å². The molecule has 2 heterocycles. The van der Waals surface area contributed by atoms with Crippen LogP contribution in [-0.4, -0.2) is 22.0 Å². The molecular formula is C17H17N3O2. The summed E-state index contributed by atoms with van der Waals surface area (Å²) in [6, 6.07) is 12.0. The van der Waals surface area contributed by atoms with Crippen molar-refractivity contribution in [1.82, 2.24) is 14.9 Å². The van der Waals surface area contributed by atoms with Crippen LogP contribution < -0.4 is 5.32 Å². The number of amides is 1. The number of carbonyl (C=O) groups excluding carboxylic acids is 1. The predicted molar refractivity (Wildman–Crippen MR) is 82.7 cm³/mol. The quantitative estimate of drug-likeness (QED) is 0.787. The summed E-state index contributed by atoms with van der Waals surface area (Å²) >= 11 is 0. The minimum absolute atomic E-state index is 0.0342. The summed E-state index contributed by atoms with van der Waals surface area (Å²) in [4.78, 5) is 16.6. The molecule has 0 bridgehead atoms. The highest BCUT2D eigenvalue weighted by Crippen LogP contribution is 2.35. The summed E-state index contributed by atoms with van der Waals surface area (Å²) in [5.41, 5.74) is 2.37. The highest BCUT2D eigenvalue weighted by Gasteiger charge is 2.26. The van der Waals surface area contributed by atoms with Crippen molar-refractivity contribution in [3.8, 4) is 0 Å². The molecule has 0 aliphatic heterocycles. The smallest absolute Gasteiger partial charge is 0.267 e. The summed E-state index contributed by atoms with van der Waals surface area (Å²) < 4.78 is 7.71. The number of oxazole rings is 1. The van der Waals surface area contributed by atoms with Gasteiger partial charge >= 0.3 is 0 Å². The van der Waals surface area contributed by atoms with Crippen molar-refractivity contribution in [3.05, 3.63) is 54.2 Å². The first-order chi connectivity index (χ1) is 10.8. The molecule has 0 radical (unpaired) electrons. The van der Waals surface area contributed by atoms with E-state index >= 15 is 0 Å². The number of hydrogen-bond donors (Lipinski definition) is 1. The first-order valence-corrected chi connectivity index (χ1v) is 7.61. The number of nitrogens with zero attached hydrogens (tertiary/aromatic N) is 2. The Morgan fingerprint density at radius 1 is 1.27 bits per heavy atom. The fraction of sp³-hybridized carbons (Fsp3) is 0.294. The zero-order valence-electron chi connectivity index (χ0n) is 12.2. The molecule has 1 N–H and O–H groups in total. The lowest BCUT2D eigenvalue weighted by molar-refractivity contribution is 0.0944. The van der Waals surface area contributed by atoms with Crippen LogP contribution in [0.3, 0.4) is 0 Å². The molecule has 0 unspecified atom stereocenters. The number of hydrogen-bond acceptors (Lipinski definition) is 3. The van der Waals surface area contributed by atoms with Crippen molar-refractivity contribution in [1.29, 1.82) is 0 Å². The van der Waals surface area contributed by atoms with Crippen LogP contribution in [0.4, 0.5) is 0 Å². The molecule has 1 amide bonds. The van der Waals surface area contributed by atoms with E-state index in [9.17, 15) is 4.79 Å². The Labute approximate surface area is 127 Å². The molecule has 1 aromatic carbocycles. The van der Waals surface area contributed by atoms with Gasteiger partial charge in [0.1, 0.15) is 11.2 Å². The fourth-order valence-electron chi connectivity index (χ4n) is 2.66. The molecular weight excluding hydrogens is 278 g/mol.